The first-order chi connectivity index (χ1) is 37.0. The summed E-state index contributed by atoms with van der Waals surface area (Å²) >= 11 is 7.00. The topological polar surface area (TPSA) is 107 Å². The molecule has 3 aliphatic rings. The molecule has 3 fully saturated rings. The summed E-state index contributed by atoms with van der Waals surface area (Å²) in [5.41, 5.74) is 7.00. The molecule has 16 heteroatoms. The van der Waals surface area contributed by atoms with Gasteiger partial charge in [-0.3, -0.25) is 0 Å². The van der Waals surface area contributed by atoms with E-state index >= 15 is 0 Å². The lowest BCUT2D eigenvalue weighted by Crippen LogP contribution is -2.41. The second kappa shape index (κ2) is 20.5. The smallest absolute Gasteiger partial charge is 0.405 e. The van der Waals surface area contributed by atoms with Gasteiger partial charge in [-0.25, -0.2) is 19.9 Å². The van der Waals surface area contributed by atoms with Crippen LogP contribution in [0.1, 0.15) is 83.1 Å². The second-order valence-corrected chi connectivity index (χ2v) is 26.1. The Kier molecular flexibility index (Phi) is 14.3. The average Bonchev–Trinajstić information content (AvgIpc) is 4.33. The molecule has 0 bridgehead atoms. The third kappa shape index (κ3) is 10.3. The molecule has 6 aromatic carbocycles. The fourth-order valence-electron chi connectivity index (χ4n) is 9.39. The number of aromatic nitrogens is 4. The normalized spacial score (nSPS) is 18.6. The Morgan fingerprint density at radius 2 is 0.692 bits per heavy atom. The van der Waals surface area contributed by atoms with Crippen LogP contribution in [0.15, 0.2) is 162 Å². The summed E-state index contributed by atoms with van der Waals surface area (Å²) < 4.78 is 42.0. The molecule has 13 rings (SSSR count). The Morgan fingerprint density at radius 1 is 0.359 bits per heavy atom. The van der Waals surface area contributed by atoms with Gasteiger partial charge in [-0.2, -0.15) is 0 Å². The van der Waals surface area contributed by atoms with E-state index in [1.165, 1.54) is 14.8 Å². The first kappa shape index (κ1) is 54.3. The van der Waals surface area contributed by atoms with Crippen molar-refractivity contribution in [1.29, 1.82) is 0 Å². The van der Waals surface area contributed by atoms with E-state index in [-0.39, 0.29) is 40.7 Å². The molecule has 0 spiro atoms. The Hall–Kier alpha value is -5.65. The number of halogens is 1. The van der Waals surface area contributed by atoms with E-state index in [0.717, 1.165) is 81.0 Å². The molecule has 0 amide bonds. The molecular formula is C62H62B3BrN4O6S2. The van der Waals surface area contributed by atoms with E-state index in [0.29, 0.717) is 0 Å². The predicted octanol–water partition coefficient (Wildman–Crippen LogP) is 15.7. The standard InChI is InChI=1S/C28H25BN2O2S.C22H13BrN2S.C12H24B2O4/c1-27(2)28(3,4)33-29(32-27)20-16-14-19(15-17-20)26-30-23(18-10-6-5-7-11-18)25-24(31-26)21-12-8-9-13-22(21)34-25;23-16-12-10-15(11-13-16)22-24-19(14-6-2-1-3-7-14)21-20(25-22)17-8-4-5-9-18(17)26-21;1-9(2)10(3,4)16-13(15-9)14-17-11(5,6)12(7,8)18-14/h5-17H,1-4H3;1-13H;1-8H3. The van der Waals surface area contributed by atoms with Crippen LogP contribution >= 0.6 is 38.6 Å². The number of fused-ring (bicyclic) bond motifs is 6. The minimum atomic E-state index is -0.476. The highest BCUT2D eigenvalue weighted by atomic mass is 79.9. The van der Waals surface area contributed by atoms with Gasteiger partial charge in [0.15, 0.2) is 11.6 Å². The van der Waals surface area contributed by atoms with E-state index < -0.39 is 14.0 Å². The number of benzene rings is 6. The molecule has 3 aliphatic heterocycles. The lowest BCUT2D eigenvalue weighted by atomic mass is 9.49. The van der Waals surface area contributed by atoms with Crippen LogP contribution in [-0.2, 0) is 27.9 Å². The van der Waals surface area contributed by atoms with E-state index in [2.05, 4.69) is 177 Å². The third-order valence-electron chi connectivity index (χ3n) is 16.1. The number of thiophene rings is 2. The lowest BCUT2D eigenvalue weighted by Gasteiger charge is -2.32. The van der Waals surface area contributed by atoms with Gasteiger partial charge in [-0.15, -0.1) is 22.7 Å². The van der Waals surface area contributed by atoms with E-state index in [9.17, 15) is 0 Å². The fraction of sp³-hybridized carbons (Fsp3) is 0.290. The maximum Gasteiger partial charge on any atom is 0.494 e. The molecule has 0 N–H and O–H groups in total. The summed E-state index contributed by atoms with van der Waals surface area (Å²) in [5.74, 6) is 1.47. The van der Waals surface area contributed by atoms with Gasteiger partial charge in [-0.05, 0) is 113 Å². The van der Waals surface area contributed by atoms with Crippen molar-refractivity contribution >= 4 is 106 Å². The van der Waals surface area contributed by atoms with Gasteiger partial charge in [-0.1, -0.05) is 149 Å². The maximum absolute atomic E-state index is 6.22. The summed E-state index contributed by atoms with van der Waals surface area (Å²) in [6.07, 6.45) is 0. The van der Waals surface area contributed by atoms with Gasteiger partial charge in [0.05, 0.1) is 65.4 Å². The van der Waals surface area contributed by atoms with Crippen LogP contribution in [0.2, 0.25) is 0 Å². The van der Waals surface area contributed by atoms with Crippen LogP contribution < -0.4 is 5.46 Å². The van der Waals surface area contributed by atoms with Crippen molar-refractivity contribution in [3.8, 4) is 45.3 Å². The van der Waals surface area contributed by atoms with E-state index in [1.807, 2.05) is 79.7 Å². The zero-order valence-electron chi connectivity index (χ0n) is 46.2. The minimum absolute atomic E-state index is 0.360. The zero-order chi connectivity index (χ0) is 55.0. The monoisotopic (exact) mass is 1130 g/mol. The van der Waals surface area contributed by atoms with Gasteiger partial charge in [0.1, 0.15) is 0 Å². The Morgan fingerprint density at radius 3 is 1.08 bits per heavy atom. The number of hydrogen-bond acceptors (Lipinski definition) is 12. The summed E-state index contributed by atoms with van der Waals surface area (Å²) in [5, 5.41) is 2.35. The summed E-state index contributed by atoms with van der Waals surface area (Å²) in [6, 6.07) is 53.9. The Balaban J connectivity index is 0.000000131. The van der Waals surface area contributed by atoms with Gasteiger partial charge in [0, 0.05) is 46.9 Å². The zero-order valence-corrected chi connectivity index (χ0v) is 49.4. The van der Waals surface area contributed by atoms with Crippen LogP contribution in [0, 0.1) is 0 Å². The molecule has 3 saturated heterocycles. The van der Waals surface area contributed by atoms with Gasteiger partial charge >= 0.3 is 21.1 Å². The summed E-state index contributed by atoms with van der Waals surface area (Å²) in [4.78, 5) is 20.0. The molecule has 0 atom stereocenters. The van der Waals surface area contributed by atoms with Crippen LogP contribution in [-0.4, -0.2) is 74.7 Å². The van der Waals surface area contributed by atoms with Gasteiger partial charge in [0.25, 0.3) is 0 Å². The number of nitrogens with zero attached hydrogens (tertiary/aromatic N) is 4. The maximum atomic E-state index is 6.22. The molecule has 4 aromatic heterocycles. The number of hydrogen-bond donors (Lipinski definition) is 0. The molecule has 0 aliphatic carbocycles. The van der Waals surface area contributed by atoms with Crippen molar-refractivity contribution in [3.63, 3.8) is 0 Å². The van der Waals surface area contributed by atoms with Crippen molar-refractivity contribution in [2.75, 3.05) is 0 Å². The SMILES string of the molecule is Brc1ccc(-c2nc(-c3ccccc3)c3sc4ccccc4c3n2)cc1.CC1(C)OB(B2OC(C)(C)C(C)(C)O2)OC1(C)C.CC1(C)OB(c2ccc(-c3nc(-c4ccccc4)c4sc5ccccc5c4n3)cc2)OC1(C)C. The quantitative estimate of drug-likeness (QED) is 0.149. The molecule has 394 valence electrons. The average molecular weight is 1140 g/mol. The molecule has 0 radical (unpaired) electrons. The second-order valence-electron chi connectivity index (χ2n) is 23.0. The molecular weight excluding hydrogens is 1070 g/mol. The minimum Gasteiger partial charge on any atom is -0.405 e. The van der Waals surface area contributed by atoms with Crippen LogP contribution in [0.5, 0.6) is 0 Å². The van der Waals surface area contributed by atoms with Crippen molar-refractivity contribution < 1.29 is 27.9 Å². The van der Waals surface area contributed by atoms with E-state index in [1.54, 1.807) is 22.7 Å². The molecule has 78 heavy (non-hydrogen) atoms. The van der Waals surface area contributed by atoms with Crippen LogP contribution in [0.25, 0.3) is 85.9 Å². The summed E-state index contributed by atoms with van der Waals surface area (Å²) in [6.45, 7) is 24.5. The van der Waals surface area contributed by atoms with E-state index in [4.69, 9.17) is 47.9 Å². The molecule has 10 aromatic rings. The predicted molar refractivity (Wildman–Crippen MR) is 327 cm³/mol. The highest BCUT2D eigenvalue weighted by molar-refractivity contribution is 9.10. The molecule has 7 heterocycles. The van der Waals surface area contributed by atoms with Crippen molar-refractivity contribution in [2.24, 2.45) is 0 Å². The third-order valence-corrected chi connectivity index (χ3v) is 19.0. The van der Waals surface area contributed by atoms with Crippen molar-refractivity contribution in [1.82, 2.24) is 19.9 Å². The van der Waals surface area contributed by atoms with Gasteiger partial charge in [0.2, 0.25) is 0 Å². The molecule has 10 nitrogen and oxygen atoms in total. The molecule has 0 saturated carbocycles. The van der Waals surface area contributed by atoms with Crippen molar-refractivity contribution in [3.05, 3.63) is 162 Å². The largest absolute Gasteiger partial charge is 0.494 e. The highest BCUT2D eigenvalue weighted by Gasteiger charge is 2.63. The first-order valence-corrected chi connectivity index (χ1v) is 28.9. The van der Waals surface area contributed by atoms with Crippen molar-refractivity contribution in [2.45, 2.75) is 117 Å². The lowest BCUT2D eigenvalue weighted by molar-refractivity contribution is 0.00578. The fourth-order valence-corrected chi connectivity index (χ4v) is 12.0. The Labute approximate surface area is 474 Å². The number of rotatable bonds is 6. The Bertz CT molecular complexity index is 3740. The van der Waals surface area contributed by atoms with Gasteiger partial charge < -0.3 is 27.9 Å². The highest BCUT2D eigenvalue weighted by Crippen LogP contribution is 2.45. The molecule has 0 unspecified atom stereocenters. The summed E-state index contributed by atoms with van der Waals surface area (Å²) in [7, 11) is -1.34. The van der Waals surface area contributed by atoms with Crippen LogP contribution in [0.3, 0.4) is 0 Å². The first-order valence-electron chi connectivity index (χ1n) is 26.4. The van der Waals surface area contributed by atoms with Crippen LogP contribution in [0.4, 0.5) is 0 Å².